The monoisotopic (exact) mass is 322 g/mol. The number of thiazole rings is 1. The minimum Gasteiger partial charge on any atom is -0.248 e. The first-order valence-corrected chi connectivity index (χ1v) is 5.91. The predicted octanol–water partition coefficient (Wildman–Crippen LogP) is 2.31. The molecule has 0 fully saturated rings. The molecule has 0 saturated carbocycles. The van der Waals surface area contributed by atoms with E-state index < -0.39 is 0 Å². The maximum atomic E-state index is 4.16. The molecule has 0 aliphatic rings. The van der Waals surface area contributed by atoms with Crippen LogP contribution in [0.15, 0.2) is 20.4 Å². The van der Waals surface area contributed by atoms with E-state index in [0.29, 0.717) is 16.0 Å². The summed E-state index contributed by atoms with van der Waals surface area (Å²) < 4.78 is 3.01. The van der Waals surface area contributed by atoms with E-state index in [1.807, 2.05) is 5.38 Å². The zero-order chi connectivity index (χ0) is 9.26. The summed E-state index contributed by atoms with van der Waals surface area (Å²) in [5, 5.41) is 6.11. The van der Waals surface area contributed by atoms with Crippen molar-refractivity contribution in [3.8, 4) is 0 Å². The van der Waals surface area contributed by atoms with Crippen LogP contribution in [0.5, 0.6) is 0 Å². The van der Waals surface area contributed by atoms with E-state index in [4.69, 9.17) is 0 Å². The quantitative estimate of drug-likeness (QED) is 0.851. The Hall–Kier alpha value is -0.270. The van der Waals surface area contributed by atoms with Gasteiger partial charge in [-0.05, 0) is 31.9 Å². The molecule has 0 aliphatic carbocycles. The molecule has 68 valence electrons. The van der Waals surface area contributed by atoms with Crippen molar-refractivity contribution in [2.24, 2.45) is 0 Å². The third-order valence-corrected chi connectivity index (χ3v) is 2.95. The highest BCUT2D eigenvalue weighted by molar-refractivity contribution is 9.11. The smallest absolute Gasteiger partial charge is 0.218 e. The van der Waals surface area contributed by atoms with Crippen LogP contribution in [-0.4, -0.2) is 19.7 Å². The van der Waals surface area contributed by atoms with Gasteiger partial charge in [0.2, 0.25) is 4.73 Å². The highest BCUT2D eigenvalue weighted by Crippen LogP contribution is 2.13. The third-order valence-electron chi connectivity index (χ3n) is 1.40. The summed E-state index contributed by atoms with van der Waals surface area (Å²) in [6.07, 6.45) is 0. The molecular weight excluding hydrogens is 320 g/mol. The Balaban J connectivity index is 2.23. The fourth-order valence-electron chi connectivity index (χ4n) is 0.867. The van der Waals surface area contributed by atoms with Gasteiger partial charge in [0.15, 0.2) is 4.73 Å². The average molecular weight is 324 g/mol. The second-order valence-electron chi connectivity index (χ2n) is 2.29. The summed E-state index contributed by atoms with van der Waals surface area (Å²) in [5.41, 5.74) is 2.79. The van der Waals surface area contributed by atoms with Crippen LogP contribution in [0.2, 0.25) is 0 Å². The van der Waals surface area contributed by atoms with Crippen LogP contribution in [0.3, 0.4) is 0 Å². The first-order chi connectivity index (χ1) is 6.25. The van der Waals surface area contributed by atoms with Crippen LogP contribution in [0, 0.1) is 0 Å². The minimum atomic E-state index is 0.578. The lowest BCUT2D eigenvalue weighted by atomic mass is 10.5. The molecule has 2 aromatic heterocycles. The van der Waals surface area contributed by atoms with E-state index in [-0.39, 0.29) is 0 Å². The number of rotatable bonds is 2. The van der Waals surface area contributed by atoms with Crippen molar-refractivity contribution < 1.29 is 0 Å². The second-order valence-corrected chi connectivity index (χ2v) is 4.42. The standard InChI is InChI=1S/C6H4Br2N4S/c7-5-10-6(8)12(11-5)1-4-2-13-3-9-4/h2-3H,1H2. The van der Waals surface area contributed by atoms with E-state index in [0.717, 1.165) is 5.69 Å². The Labute approximate surface area is 95.3 Å². The molecule has 2 heterocycles. The maximum Gasteiger partial charge on any atom is 0.218 e. The number of hydrogen-bond donors (Lipinski definition) is 0. The summed E-state index contributed by atoms with van der Waals surface area (Å²) in [7, 11) is 0. The molecular formula is C6H4Br2N4S. The minimum absolute atomic E-state index is 0.578. The largest absolute Gasteiger partial charge is 0.248 e. The zero-order valence-electron chi connectivity index (χ0n) is 6.31. The van der Waals surface area contributed by atoms with Crippen molar-refractivity contribution in [2.75, 3.05) is 0 Å². The molecule has 0 radical (unpaired) electrons. The van der Waals surface area contributed by atoms with Gasteiger partial charge < -0.3 is 0 Å². The zero-order valence-corrected chi connectivity index (χ0v) is 10.3. The van der Waals surface area contributed by atoms with Gasteiger partial charge in [-0.1, -0.05) is 0 Å². The van der Waals surface area contributed by atoms with Gasteiger partial charge in [-0.25, -0.2) is 9.67 Å². The van der Waals surface area contributed by atoms with Crippen LogP contribution < -0.4 is 0 Å². The molecule has 0 N–H and O–H groups in total. The molecule has 13 heavy (non-hydrogen) atoms. The summed E-state index contributed by atoms with van der Waals surface area (Å²) in [6, 6.07) is 0. The van der Waals surface area contributed by atoms with Crippen molar-refractivity contribution in [3.63, 3.8) is 0 Å². The van der Waals surface area contributed by atoms with Crippen LogP contribution in [-0.2, 0) is 6.54 Å². The highest BCUT2D eigenvalue weighted by atomic mass is 79.9. The number of halogens is 2. The van der Waals surface area contributed by atoms with E-state index in [2.05, 4.69) is 46.9 Å². The van der Waals surface area contributed by atoms with Gasteiger partial charge >= 0.3 is 0 Å². The number of nitrogens with zero attached hydrogens (tertiary/aromatic N) is 4. The van der Waals surface area contributed by atoms with Gasteiger partial charge in [0.1, 0.15) is 0 Å². The average Bonchev–Trinajstić information content (AvgIpc) is 2.63. The van der Waals surface area contributed by atoms with Crippen molar-refractivity contribution >= 4 is 43.2 Å². The van der Waals surface area contributed by atoms with Gasteiger partial charge in [-0.2, -0.15) is 4.98 Å². The van der Waals surface area contributed by atoms with Crippen molar-refractivity contribution in [3.05, 3.63) is 26.1 Å². The molecule has 0 atom stereocenters. The Kier molecular flexibility index (Phi) is 2.75. The molecule has 0 bridgehead atoms. The highest BCUT2D eigenvalue weighted by Gasteiger charge is 2.05. The normalized spacial score (nSPS) is 10.6. The Bertz CT molecular complexity index is 397. The van der Waals surface area contributed by atoms with Crippen molar-refractivity contribution in [1.29, 1.82) is 0 Å². The Morgan fingerprint density at radius 3 is 2.85 bits per heavy atom. The number of aromatic nitrogens is 4. The second kappa shape index (κ2) is 3.85. The van der Waals surface area contributed by atoms with E-state index in [1.54, 1.807) is 21.5 Å². The van der Waals surface area contributed by atoms with Crippen molar-refractivity contribution in [1.82, 2.24) is 19.7 Å². The molecule has 2 aromatic rings. The van der Waals surface area contributed by atoms with Crippen molar-refractivity contribution in [2.45, 2.75) is 6.54 Å². The van der Waals surface area contributed by atoms with Gasteiger partial charge in [-0.3, -0.25) is 0 Å². The predicted molar refractivity (Wildman–Crippen MR) is 56.6 cm³/mol. The first kappa shape index (κ1) is 9.29. The Morgan fingerprint density at radius 1 is 1.46 bits per heavy atom. The van der Waals surface area contributed by atoms with Crippen LogP contribution >= 0.6 is 43.2 Å². The van der Waals surface area contributed by atoms with Crippen LogP contribution in [0.25, 0.3) is 0 Å². The fraction of sp³-hybridized carbons (Fsp3) is 0.167. The molecule has 0 aromatic carbocycles. The topological polar surface area (TPSA) is 43.6 Å². The lowest BCUT2D eigenvalue weighted by Gasteiger charge is -1.96. The van der Waals surface area contributed by atoms with Gasteiger partial charge in [0.05, 0.1) is 17.7 Å². The summed E-state index contributed by atoms with van der Waals surface area (Å²) in [6.45, 7) is 0.642. The van der Waals surface area contributed by atoms with E-state index in [9.17, 15) is 0 Å². The van der Waals surface area contributed by atoms with Crippen LogP contribution in [0.1, 0.15) is 5.69 Å². The summed E-state index contributed by atoms with van der Waals surface area (Å²) >= 11 is 8.07. The Morgan fingerprint density at radius 2 is 2.31 bits per heavy atom. The molecule has 0 spiro atoms. The van der Waals surface area contributed by atoms with E-state index in [1.165, 1.54) is 0 Å². The molecule has 7 heteroatoms. The first-order valence-electron chi connectivity index (χ1n) is 3.38. The molecule has 0 amide bonds. The molecule has 0 unspecified atom stereocenters. The summed E-state index contributed by atoms with van der Waals surface area (Å²) in [4.78, 5) is 8.21. The fourth-order valence-corrected chi connectivity index (χ4v) is 2.39. The van der Waals surface area contributed by atoms with Crippen LogP contribution in [0.4, 0.5) is 0 Å². The van der Waals surface area contributed by atoms with E-state index >= 15 is 0 Å². The molecule has 0 saturated heterocycles. The van der Waals surface area contributed by atoms with Gasteiger partial charge in [-0.15, -0.1) is 16.4 Å². The van der Waals surface area contributed by atoms with Gasteiger partial charge in [0.25, 0.3) is 0 Å². The number of hydrogen-bond acceptors (Lipinski definition) is 4. The third kappa shape index (κ3) is 2.15. The molecule has 2 rings (SSSR count). The lowest BCUT2D eigenvalue weighted by Crippen LogP contribution is -2.02. The molecule has 0 aliphatic heterocycles. The molecule has 4 nitrogen and oxygen atoms in total. The van der Waals surface area contributed by atoms with Gasteiger partial charge in [0, 0.05) is 5.38 Å². The maximum absolute atomic E-state index is 4.16. The lowest BCUT2D eigenvalue weighted by molar-refractivity contribution is 0.654. The summed E-state index contributed by atoms with van der Waals surface area (Å²) in [5.74, 6) is 0. The SMILES string of the molecule is Brc1nc(Br)n(Cc2cscn2)n1.